The molecule has 4 rings (SSSR count). The lowest BCUT2D eigenvalue weighted by molar-refractivity contribution is -0.210. The van der Waals surface area contributed by atoms with Gasteiger partial charge in [0.25, 0.3) is 5.91 Å². The van der Waals surface area contributed by atoms with Gasteiger partial charge in [-0.3, -0.25) is 4.79 Å². The third-order valence-electron chi connectivity index (χ3n) is 5.80. The Balaban J connectivity index is 1.43. The van der Waals surface area contributed by atoms with Crippen LogP contribution in [0.15, 0.2) is 18.6 Å². The number of rotatable bonds is 3. The summed E-state index contributed by atoms with van der Waals surface area (Å²) in [6, 6.07) is 2.10. The number of halogens is 3. The van der Waals surface area contributed by atoms with Gasteiger partial charge in [0, 0.05) is 32.4 Å². The summed E-state index contributed by atoms with van der Waals surface area (Å²) in [5.41, 5.74) is 0.753. The summed E-state index contributed by atoms with van der Waals surface area (Å²) in [6.07, 6.45) is -3.02. The number of anilines is 1. The van der Waals surface area contributed by atoms with Crippen LogP contribution >= 0.6 is 0 Å². The third kappa shape index (κ3) is 3.11. The van der Waals surface area contributed by atoms with E-state index in [-0.39, 0.29) is 31.0 Å². The number of aliphatic hydroxyl groups is 1. The van der Waals surface area contributed by atoms with E-state index in [0.29, 0.717) is 0 Å². The minimum absolute atomic E-state index is 0.130. The molecule has 2 N–H and O–H groups in total. The van der Waals surface area contributed by atoms with Crippen LogP contribution in [0.2, 0.25) is 0 Å². The molecule has 0 spiro atoms. The molecule has 10 heteroatoms. The number of aromatic nitrogens is 3. The molecule has 1 aliphatic heterocycles. The molecule has 1 saturated carbocycles. The van der Waals surface area contributed by atoms with Gasteiger partial charge in [-0.1, -0.05) is 0 Å². The van der Waals surface area contributed by atoms with Crippen molar-refractivity contribution in [3.8, 4) is 0 Å². The molecule has 0 radical (unpaired) electrons. The first-order valence-corrected chi connectivity index (χ1v) is 8.80. The predicted molar refractivity (Wildman–Crippen MR) is 90.9 cm³/mol. The number of fused-ring (bicyclic) bond motifs is 2. The van der Waals surface area contributed by atoms with Gasteiger partial charge in [-0.25, -0.2) is 9.97 Å². The van der Waals surface area contributed by atoms with Crippen molar-refractivity contribution in [2.75, 3.05) is 25.0 Å². The highest BCUT2D eigenvalue weighted by Gasteiger charge is 2.50. The van der Waals surface area contributed by atoms with Gasteiger partial charge in [-0.15, -0.1) is 0 Å². The van der Waals surface area contributed by atoms with E-state index in [1.165, 1.54) is 6.33 Å². The number of likely N-dealkylation sites (tertiary alicyclic amines) is 1. The van der Waals surface area contributed by atoms with E-state index < -0.39 is 18.2 Å². The van der Waals surface area contributed by atoms with E-state index in [2.05, 4.69) is 19.9 Å². The topological polar surface area (TPSA) is 85.4 Å². The van der Waals surface area contributed by atoms with Crippen molar-refractivity contribution in [1.82, 2.24) is 19.9 Å². The van der Waals surface area contributed by atoms with Crippen LogP contribution in [0, 0.1) is 11.8 Å². The van der Waals surface area contributed by atoms with Gasteiger partial charge in [0.1, 0.15) is 17.8 Å². The van der Waals surface area contributed by atoms with Gasteiger partial charge < -0.3 is 19.9 Å². The summed E-state index contributed by atoms with van der Waals surface area (Å²) in [6.45, 7) is 0.509. The second kappa shape index (κ2) is 6.36. The Morgan fingerprint density at radius 3 is 2.63 bits per heavy atom. The van der Waals surface area contributed by atoms with E-state index in [1.54, 1.807) is 6.20 Å². The Hall–Kier alpha value is -2.36. The summed E-state index contributed by atoms with van der Waals surface area (Å²) in [7, 11) is 1.96. The van der Waals surface area contributed by atoms with Crippen molar-refractivity contribution < 1.29 is 23.1 Å². The number of H-pyrrole nitrogens is 1. The molecule has 3 heterocycles. The number of aromatic amines is 1. The molecule has 2 aliphatic rings. The van der Waals surface area contributed by atoms with E-state index >= 15 is 0 Å². The molecule has 2 aromatic rings. The third-order valence-corrected chi connectivity index (χ3v) is 5.80. The fourth-order valence-corrected chi connectivity index (χ4v) is 4.39. The molecule has 2 unspecified atom stereocenters. The lowest BCUT2D eigenvalue weighted by Crippen LogP contribution is -2.46. The maximum absolute atomic E-state index is 12.6. The maximum atomic E-state index is 12.6. The molecule has 1 amide bonds. The molecule has 2 fully saturated rings. The first kappa shape index (κ1) is 18.0. The van der Waals surface area contributed by atoms with Gasteiger partial charge in [0.2, 0.25) is 6.10 Å². The maximum Gasteiger partial charge on any atom is 0.423 e. The lowest BCUT2D eigenvalue weighted by atomic mass is 10.0. The number of carbonyl (C=O) groups excluding carboxylic acids is 1. The highest BCUT2D eigenvalue weighted by molar-refractivity contribution is 5.87. The van der Waals surface area contributed by atoms with Gasteiger partial charge in [-0.2, -0.15) is 13.2 Å². The zero-order valence-corrected chi connectivity index (χ0v) is 14.6. The van der Waals surface area contributed by atoms with E-state index in [4.69, 9.17) is 0 Å². The summed E-state index contributed by atoms with van der Waals surface area (Å²) in [5.74, 6) is -0.172. The van der Waals surface area contributed by atoms with Crippen LogP contribution in [-0.4, -0.2) is 69.3 Å². The molecule has 4 atom stereocenters. The minimum Gasteiger partial charge on any atom is -0.376 e. The number of nitrogens with zero attached hydrogens (tertiary/aromatic N) is 4. The summed E-state index contributed by atoms with van der Waals surface area (Å²) in [4.78, 5) is 26.8. The SMILES string of the molecule is CN(c1ncnc2[nH]ccc12)C1CC2CN(C(=O)[C@H](O)C(F)(F)F)C[C@H]2C1. The fraction of sp³-hybridized carbons (Fsp3) is 0.588. The van der Waals surface area contributed by atoms with Crippen molar-refractivity contribution in [3.63, 3.8) is 0 Å². The second-order valence-corrected chi connectivity index (χ2v) is 7.38. The number of hydrogen-bond donors (Lipinski definition) is 2. The van der Waals surface area contributed by atoms with Crippen LogP contribution < -0.4 is 4.90 Å². The lowest BCUT2D eigenvalue weighted by Gasteiger charge is -2.28. The Morgan fingerprint density at radius 1 is 1.33 bits per heavy atom. The van der Waals surface area contributed by atoms with Crippen molar-refractivity contribution in [3.05, 3.63) is 18.6 Å². The largest absolute Gasteiger partial charge is 0.423 e. The van der Waals surface area contributed by atoms with Crippen molar-refractivity contribution in [2.24, 2.45) is 11.8 Å². The van der Waals surface area contributed by atoms with Crippen LogP contribution in [0.1, 0.15) is 12.8 Å². The van der Waals surface area contributed by atoms with Crippen LogP contribution in [-0.2, 0) is 4.79 Å². The van der Waals surface area contributed by atoms with E-state index in [1.807, 2.05) is 13.1 Å². The number of alkyl halides is 3. The van der Waals surface area contributed by atoms with Crippen LogP contribution in [0.3, 0.4) is 0 Å². The number of carbonyl (C=O) groups is 1. The Bertz CT molecular complexity index is 840. The van der Waals surface area contributed by atoms with Crippen LogP contribution in [0.5, 0.6) is 0 Å². The Labute approximate surface area is 153 Å². The minimum atomic E-state index is -4.92. The summed E-state index contributed by atoms with van der Waals surface area (Å²) >= 11 is 0. The number of nitrogens with one attached hydrogen (secondary N) is 1. The zero-order valence-electron chi connectivity index (χ0n) is 14.6. The molecule has 27 heavy (non-hydrogen) atoms. The monoisotopic (exact) mass is 383 g/mol. The molecule has 0 aromatic carbocycles. The van der Waals surface area contributed by atoms with Gasteiger partial charge >= 0.3 is 6.18 Å². The number of hydrogen-bond acceptors (Lipinski definition) is 5. The zero-order chi connectivity index (χ0) is 19.3. The number of amides is 1. The van der Waals surface area contributed by atoms with E-state index in [0.717, 1.165) is 34.6 Å². The molecular formula is C17H20F3N5O2. The molecule has 1 aliphatic carbocycles. The highest BCUT2D eigenvalue weighted by atomic mass is 19.4. The molecule has 2 aromatic heterocycles. The normalized spacial score (nSPS) is 26.4. The van der Waals surface area contributed by atoms with Gasteiger partial charge in [0.15, 0.2) is 0 Å². The first-order valence-electron chi connectivity index (χ1n) is 8.80. The average Bonchev–Trinajstić information content (AvgIpc) is 3.32. The quantitative estimate of drug-likeness (QED) is 0.840. The van der Waals surface area contributed by atoms with Crippen molar-refractivity contribution in [1.29, 1.82) is 0 Å². The van der Waals surface area contributed by atoms with Crippen LogP contribution in [0.25, 0.3) is 11.0 Å². The summed E-state index contributed by atoms with van der Waals surface area (Å²) < 4.78 is 37.7. The smallest absolute Gasteiger partial charge is 0.376 e. The standard InChI is InChI=1S/C17H20F3N5O2/c1-24(15-12-2-3-21-14(12)22-8-23-15)11-4-9-6-25(7-10(9)5-11)16(27)13(26)17(18,19)20/h2-3,8-11,13,26H,4-7H2,1H3,(H,21,22,23)/t9-,10?,11?,13+/m1/s1. The van der Waals surface area contributed by atoms with E-state index in [9.17, 15) is 23.1 Å². The molecule has 1 saturated heterocycles. The second-order valence-electron chi connectivity index (χ2n) is 7.38. The molecule has 7 nitrogen and oxygen atoms in total. The van der Waals surface area contributed by atoms with Gasteiger partial charge in [0.05, 0.1) is 5.39 Å². The fourth-order valence-electron chi connectivity index (χ4n) is 4.39. The van der Waals surface area contributed by atoms with Crippen LogP contribution in [0.4, 0.5) is 19.0 Å². The summed E-state index contributed by atoms with van der Waals surface area (Å²) in [5, 5.41) is 10.1. The predicted octanol–water partition coefficient (Wildman–Crippen LogP) is 1.55. The number of aliphatic hydroxyl groups excluding tert-OH is 1. The Morgan fingerprint density at radius 2 is 2.00 bits per heavy atom. The molecule has 0 bridgehead atoms. The molecular weight excluding hydrogens is 363 g/mol. The first-order chi connectivity index (χ1) is 12.8. The molecule has 146 valence electrons. The Kier molecular flexibility index (Phi) is 4.25. The van der Waals surface area contributed by atoms with Gasteiger partial charge in [-0.05, 0) is 30.7 Å². The van der Waals surface area contributed by atoms with Crippen molar-refractivity contribution >= 4 is 22.8 Å². The average molecular weight is 383 g/mol. The van der Waals surface area contributed by atoms with Crippen molar-refractivity contribution in [2.45, 2.75) is 31.2 Å². The highest BCUT2D eigenvalue weighted by Crippen LogP contribution is 2.42.